The fraction of sp³-hybridized carbons (Fsp3) is 0.417. The SMILES string of the molecule is CC.CCCc1cc(Br)ccc1C(=O)O. The number of rotatable bonds is 3. The second kappa shape index (κ2) is 7.46. The van der Waals surface area contributed by atoms with Crippen LogP contribution >= 0.6 is 15.9 Å². The summed E-state index contributed by atoms with van der Waals surface area (Å²) in [6, 6.07) is 5.26. The summed E-state index contributed by atoms with van der Waals surface area (Å²) in [5, 5.41) is 8.87. The Morgan fingerprint density at radius 3 is 2.47 bits per heavy atom. The van der Waals surface area contributed by atoms with Gasteiger partial charge in [-0.15, -0.1) is 0 Å². The first-order chi connectivity index (χ1) is 7.15. The summed E-state index contributed by atoms with van der Waals surface area (Å²) < 4.78 is 0.931. The van der Waals surface area contributed by atoms with Crippen molar-refractivity contribution in [1.29, 1.82) is 0 Å². The van der Waals surface area contributed by atoms with Crippen LogP contribution in [0.1, 0.15) is 43.1 Å². The summed E-state index contributed by atoms with van der Waals surface area (Å²) in [6.45, 7) is 6.03. The van der Waals surface area contributed by atoms with E-state index in [1.165, 1.54) is 0 Å². The van der Waals surface area contributed by atoms with Gasteiger partial charge >= 0.3 is 5.97 Å². The van der Waals surface area contributed by atoms with Gasteiger partial charge in [0.25, 0.3) is 0 Å². The van der Waals surface area contributed by atoms with Gasteiger partial charge in [-0.3, -0.25) is 0 Å². The molecule has 0 saturated carbocycles. The van der Waals surface area contributed by atoms with Crippen molar-refractivity contribution in [3.05, 3.63) is 33.8 Å². The zero-order valence-corrected chi connectivity index (χ0v) is 11.0. The number of hydrogen-bond acceptors (Lipinski definition) is 1. The van der Waals surface area contributed by atoms with Crippen molar-refractivity contribution < 1.29 is 9.90 Å². The molecule has 0 unspecified atom stereocenters. The first kappa shape index (κ1) is 14.2. The van der Waals surface area contributed by atoms with Gasteiger partial charge in [-0.1, -0.05) is 43.1 Å². The normalized spacial score (nSPS) is 9.07. The van der Waals surface area contributed by atoms with Gasteiger partial charge in [0.05, 0.1) is 5.56 Å². The van der Waals surface area contributed by atoms with Gasteiger partial charge in [0.15, 0.2) is 0 Å². The number of aromatic carboxylic acids is 1. The van der Waals surface area contributed by atoms with Gasteiger partial charge in [0.1, 0.15) is 0 Å². The van der Waals surface area contributed by atoms with Crippen LogP contribution in [-0.4, -0.2) is 11.1 Å². The van der Waals surface area contributed by atoms with Crippen LogP contribution < -0.4 is 0 Å². The third-order valence-corrected chi connectivity index (χ3v) is 2.31. The van der Waals surface area contributed by atoms with Gasteiger partial charge in [0.2, 0.25) is 0 Å². The molecule has 2 nitrogen and oxygen atoms in total. The summed E-state index contributed by atoms with van der Waals surface area (Å²) in [5.41, 5.74) is 1.30. The molecule has 0 fully saturated rings. The highest BCUT2D eigenvalue weighted by Crippen LogP contribution is 2.18. The van der Waals surface area contributed by atoms with Crippen molar-refractivity contribution >= 4 is 21.9 Å². The van der Waals surface area contributed by atoms with E-state index in [4.69, 9.17) is 5.11 Å². The third kappa shape index (κ3) is 4.47. The predicted molar refractivity (Wildman–Crippen MR) is 66.4 cm³/mol. The van der Waals surface area contributed by atoms with Gasteiger partial charge in [-0.2, -0.15) is 0 Å². The lowest BCUT2D eigenvalue weighted by Gasteiger charge is -2.04. The molecule has 0 aliphatic carbocycles. The molecule has 84 valence electrons. The van der Waals surface area contributed by atoms with Crippen LogP contribution in [0.15, 0.2) is 22.7 Å². The van der Waals surface area contributed by atoms with Gasteiger partial charge < -0.3 is 5.11 Å². The Morgan fingerprint density at radius 1 is 1.40 bits per heavy atom. The molecule has 0 aromatic heterocycles. The molecule has 1 rings (SSSR count). The van der Waals surface area contributed by atoms with Gasteiger partial charge in [-0.25, -0.2) is 4.79 Å². The zero-order valence-electron chi connectivity index (χ0n) is 9.38. The summed E-state index contributed by atoms with van der Waals surface area (Å²) in [4.78, 5) is 10.8. The predicted octanol–water partition coefficient (Wildman–Crippen LogP) is 4.13. The molecule has 3 heteroatoms. The minimum atomic E-state index is -0.851. The molecule has 0 saturated heterocycles. The number of halogens is 1. The number of aryl methyl sites for hydroxylation is 1. The molecule has 0 radical (unpaired) electrons. The van der Waals surface area contributed by atoms with Gasteiger partial charge in [-0.05, 0) is 30.2 Å². The van der Waals surface area contributed by atoms with E-state index in [0.717, 1.165) is 22.9 Å². The molecule has 0 bridgehead atoms. The van der Waals surface area contributed by atoms with E-state index in [9.17, 15) is 4.79 Å². The van der Waals surface area contributed by atoms with Crippen LogP contribution in [0.2, 0.25) is 0 Å². The van der Waals surface area contributed by atoms with Crippen molar-refractivity contribution in [2.24, 2.45) is 0 Å². The number of carboxylic acids is 1. The van der Waals surface area contributed by atoms with Crippen LogP contribution in [0.3, 0.4) is 0 Å². The molecule has 0 spiro atoms. The second-order valence-corrected chi connectivity index (χ2v) is 3.77. The maximum absolute atomic E-state index is 10.8. The molecule has 1 N–H and O–H groups in total. The van der Waals surface area contributed by atoms with E-state index in [1.54, 1.807) is 12.1 Å². The molecule has 0 heterocycles. The van der Waals surface area contributed by atoms with E-state index < -0.39 is 5.97 Å². The smallest absolute Gasteiger partial charge is 0.335 e. The molecule has 0 atom stereocenters. The van der Waals surface area contributed by atoms with Crippen LogP contribution in [0.4, 0.5) is 0 Å². The Kier molecular flexibility index (Phi) is 7.05. The third-order valence-electron chi connectivity index (χ3n) is 1.82. The topological polar surface area (TPSA) is 37.3 Å². The fourth-order valence-electron chi connectivity index (χ4n) is 1.25. The molecule has 1 aromatic carbocycles. The lowest BCUT2D eigenvalue weighted by molar-refractivity contribution is 0.0695. The Hall–Kier alpha value is -0.830. The first-order valence-electron chi connectivity index (χ1n) is 5.17. The maximum Gasteiger partial charge on any atom is 0.335 e. The highest BCUT2D eigenvalue weighted by molar-refractivity contribution is 9.10. The lowest BCUT2D eigenvalue weighted by Crippen LogP contribution is -2.01. The lowest BCUT2D eigenvalue weighted by atomic mass is 10.0. The molecule has 1 aromatic rings. The summed E-state index contributed by atoms with van der Waals surface area (Å²) >= 11 is 3.32. The van der Waals surface area contributed by atoms with E-state index in [1.807, 2.05) is 26.8 Å². The molecule has 0 aliphatic heterocycles. The maximum atomic E-state index is 10.8. The van der Waals surface area contributed by atoms with Gasteiger partial charge in [0, 0.05) is 4.47 Å². The molecular formula is C12H17BrO2. The minimum absolute atomic E-state index is 0.407. The molecule has 15 heavy (non-hydrogen) atoms. The summed E-state index contributed by atoms with van der Waals surface area (Å²) in [7, 11) is 0. The fourth-order valence-corrected chi connectivity index (χ4v) is 1.66. The highest BCUT2D eigenvalue weighted by Gasteiger charge is 2.08. The number of carbonyl (C=O) groups is 1. The Bertz CT molecular complexity index is 321. The zero-order chi connectivity index (χ0) is 11.8. The van der Waals surface area contributed by atoms with Crippen LogP contribution in [0.5, 0.6) is 0 Å². The minimum Gasteiger partial charge on any atom is -0.478 e. The molecule has 0 aliphatic rings. The van der Waals surface area contributed by atoms with Crippen LogP contribution in [0, 0.1) is 0 Å². The van der Waals surface area contributed by atoms with Crippen molar-refractivity contribution in [3.8, 4) is 0 Å². The average Bonchev–Trinajstić information content (AvgIpc) is 2.21. The van der Waals surface area contributed by atoms with E-state index in [2.05, 4.69) is 15.9 Å². The van der Waals surface area contributed by atoms with E-state index >= 15 is 0 Å². The van der Waals surface area contributed by atoms with Crippen LogP contribution in [-0.2, 0) is 6.42 Å². The second-order valence-electron chi connectivity index (χ2n) is 2.86. The Labute approximate surface area is 99.5 Å². The van der Waals surface area contributed by atoms with Crippen molar-refractivity contribution in [1.82, 2.24) is 0 Å². The average molecular weight is 273 g/mol. The largest absolute Gasteiger partial charge is 0.478 e. The highest BCUT2D eigenvalue weighted by atomic mass is 79.9. The first-order valence-corrected chi connectivity index (χ1v) is 5.96. The summed E-state index contributed by atoms with van der Waals surface area (Å²) in [5.74, 6) is -0.851. The standard InChI is InChI=1S/C10H11BrO2.C2H6/c1-2-3-7-6-8(11)4-5-9(7)10(12)13;1-2/h4-6H,2-3H2,1H3,(H,12,13);1-2H3. The molecule has 0 amide bonds. The number of hydrogen-bond donors (Lipinski definition) is 1. The van der Waals surface area contributed by atoms with E-state index in [-0.39, 0.29) is 0 Å². The van der Waals surface area contributed by atoms with Crippen molar-refractivity contribution in [2.45, 2.75) is 33.6 Å². The number of carboxylic acid groups (broad SMARTS) is 1. The Morgan fingerprint density at radius 2 is 2.00 bits per heavy atom. The van der Waals surface area contributed by atoms with Crippen molar-refractivity contribution in [3.63, 3.8) is 0 Å². The quantitative estimate of drug-likeness (QED) is 0.899. The Balaban J connectivity index is 0.000000921. The molecular weight excluding hydrogens is 256 g/mol. The number of benzene rings is 1. The van der Waals surface area contributed by atoms with Crippen LogP contribution in [0.25, 0.3) is 0 Å². The van der Waals surface area contributed by atoms with E-state index in [0.29, 0.717) is 5.56 Å². The monoisotopic (exact) mass is 272 g/mol. The van der Waals surface area contributed by atoms with Crippen molar-refractivity contribution in [2.75, 3.05) is 0 Å². The summed E-state index contributed by atoms with van der Waals surface area (Å²) in [6.07, 6.45) is 1.76.